The summed E-state index contributed by atoms with van der Waals surface area (Å²) >= 11 is 0. The second-order valence-corrected chi connectivity index (χ2v) is 10.9. The highest BCUT2D eigenvalue weighted by atomic mass is 16.5. The summed E-state index contributed by atoms with van der Waals surface area (Å²) < 4.78 is 11.2. The van der Waals surface area contributed by atoms with Crippen LogP contribution < -0.4 is 15.0 Å². The molecule has 1 N–H and O–H groups in total. The summed E-state index contributed by atoms with van der Waals surface area (Å²) in [6.45, 7) is 6.03. The predicted molar refractivity (Wildman–Crippen MR) is 147 cm³/mol. The third-order valence-corrected chi connectivity index (χ3v) is 8.33. The molecule has 1 aliphatic carbocycles. The predicted octanol–water partition coefficient (Wildman–Crippen LogP) is 4.47. The molecule has 1 amide bonds. The molecule has 0 radical (unpaired) electrons. The molecule has 3 aliphatic rings. The van der Waals surface area contributed by atoms with Crippen LogP contribution >= 0.6 is 0 Å². The Labute approximate surface area is 229 Å². The molecule has 0 bridgehead atoms. The number of nitrogens with one attached hydrogen (secondary N) is 1. The lowest BCUT2D eigenvalue weighted by Gasteiger charge is -2.36. The summed E-state index contributed by atoms with van der Waals surface area (Å²) in [6.07, 6.45) is 4.56. The van der Waals surface area contributed by atoms with Gasteiger partial charge in [0.2, 0.25) is 0 Å². The third-order valence-electron chi connectivity index (χ3n) is 8.33. The first kappa shape index (κ1) is 25.3. The molecule has 39 heavy (non-hydrogen) atoms. The average Bonchev–Trinajstić information content (AvgIpc) is 2.96. The minimum absolute atomic E-state index is 0.189. The van der Waals surface area contributed by atoms with Crippen molar-refractivity contribution >= 4 is 11.7 Å². The number of carbonyl (C=O) groups excluding carboxylic acids is 1. The van der Waals surface area contributed by atoms with Crippen LogP contribution in [0, 0.1) is 11.3 Å². The van der Waals surface area contributed by atoms with E-state index >= 15 is 0 Å². The smallest absolute Gasteiger partial charge is 0.251 e. The Morgan fingerprint density at radius 2 is 1.97 bits per heavy atom. The van der Waals surface area contributed by atoms with E-state index in [1.807, 2.05) is 13.1 Å². The number of benzene rings is 1. The van der Waals surface area contributed by atoms with Crippen LogP contribution in [0.25, 0.3) is 0 Å². The molecular formula is C31H33N5O3. The molecule has 0 unspecified atom stereocenters. The third kappa shape index (κ3) is 5.19. The van der Waals surface area contributed by atoms with Crippen LogP contribution in [0.1, 0.15) is 70.9 Å². The minimum Gasteiger partial charge on any atom is -0.493 e. The monoisotopic (exact) mass is 523 g/mol. The summed E-state index contributed by atoms with van der Waals surface area (Å²) in [4.78, 5) is 24.7. The first-order valence-corrected chi connectivity index (χ1v) is 13.7. The van der Waals surface area contributed by atoms with E-state index in [0.717, 1.165) is 56.2 Å². The zero-order chi connectivity index (χ0) is 26.8. The van der Waals surface area contributed by atoms with Crippen molar-refractivity contribution in [2.24, 2.45) is 0 Å². The Morgan fingerprint density at radius 3 is 2.79 bits per heavy atom. The van der Waals surface area contributed by atoms with E-state index in [4.69, 9.17) is 14.5 Å². The van der Waals surface area contributed by atoms with Crippen LogP contribution in [0.3, 0.4) is 0 Å². The fourth-order valence-electron chi connectivity index (χ4n) is 5.73. The minimum atomic E-state index is -0.653. The van der Waals surface area contributed by atoms with Gasteiger partial charge < -0.3 is 19.7 Å². The number of nitrogens with zero attached hydrogens (tertiary/aromatic N) is 4. The highest BCUT2D eigenvalue weighted by Gasteiger charge is 2.35. The second-order valence-electron chi connectivity index (χ2n) is 10.9. The van der Waals surface area contributed by atoms with Crippen molar-refractivity contribution in [3.05, 3.63) is 82.8 Å². The van der Waals surface area contributed by atoms with E-state index in [0.29, 0.717) is 42.7 Å². The van der Waals surface area contributed by atoms with E-state index in [2.05, 4.69) is 51.6 Å². The number of rotatable bonds is 6. The van der Waals surface area contributed by atoms with Crippen molar-refractivity contribution in [1.82, 2.24) is 15.3 Å². The van der Waals surface area contributed by atoms with Gasteiger partial charge in [-0.2, -0.15) is 5.26 Å². The van der Waals surface area contributed by atoms with E-state index in [1.54, 1.807) is 18.2 Å². The molecule has 2 aromatic heterocycles. The Hall–Kier alpha value is -3.96. The zero-order valence-electron chi connectivity index (χ0n) is 22.2. The summed E-state index contributed by atoms with van der Waals surface area (Å²) in [5, 5.41) is 12.7. The highest BCUT2D eigenvalue weighted by Crippen LogP contribution is 2.47. The number of nitriles is 1. The molecule has 8 nitrogen and oxygen atoms in total. The zero-order valence-corrected chi connectivity index (χ0v) is 22.2. The molecule has 2 fully saturated rings. The van der Waals surface area contributed by atoms with Crippen LogP contribution in [0.2, 0.25) is 0 Å². The van der Waals surface area contributed by atoms with Gasteiger partial charge in [-0.15, -0.1) is 0 Å². The normalized spacial score (nSPS) is 24.1. The Kier molecular flexibility index (Phi) is 6.92. The van der Waals surface area contributed by atoms with Crippen molar-refractivity contribution in [3.63, 3.8) is 0 Å². The number of fused-ring (bicyclic) bond motifs is 1. The number of amides is 1. The van der Waals surface area contributed by atoms with Gasteiger partial charge in [0.1, 0.15) is 11.6 Å². The van der Waals surface area contributed by atoms with Gasteiger partial charge in [0.25, 0.3) is 5.91 Å². The maximum atomic E-state index is 13.0. The molecule has 8 heteroatoms. The second kappa shape index (κ2) is 10.7. The molecule has 2 aliphatic heterocycles. The van der Waals surface area contributed by atoms with E-state index in [1.165, 1.54) is 11.3 Å². The van der Waals surface area contributed by atoms with E-state index in [-0.39, 0.29) is 5.91 Å². The van der Waals surface area contributed by atoms with Gasteiger partial charge in [-0.3, -0.25) is 9.78 Å². The molecule has 1 aromatic carbocycles. The lowest BCUT2D eigenvalue weighted by molar-refractivity contribution is 0.0950. The van der Waals surface area contributed by atoms with Gasteiger partial charge in [-0.05, 0) is 73.7 Å². The largest absolute Gasteiger partial charge is 0.493 e. The number of morpholine rings is 1. The number of hydrogen-bond acceptors (Lipinski definition) is 7. The molecule has 1 saturated heterocycles. The van der Waals surface area contributed by atoms with Gasteiger partial charge in [0, 0.05) is 48.4 Å². The molecule has 0 spiro atoms. The lowest BCUT2D eigenvalue weighted by atomic mass is 9.70. The number of anilines is 1. The number of aromatic nitrogens is 2. The van der Waals surface area contributed by atoms with Crippen molar-refractivity contribution in [2.45, 2.75) is 50.0 Å². The van der Waals surface area contributed by atoms with Gasteiger partial charge in [-0.1, -0.05) is 6.07 Å². The topological polar surface area (TPSA) is 100 Å². The quantitative estimate of drug-likeness (QED) is 0.509. The van der Waals surface area contributed by atoms with E-state index < -0.39 is 5.41 Å². The van der Waals surface area contributed by atoms with Crippen molar-refractivity contribution in [1.29, 1.82) is 5.26 Å². The number of pyridine rings is 2. The molecule has 200 valence electrons. The Balaban J connectivity index is 1.07. The van der Waals surface area contributed by atoms with Crippen LogP contribution in [-0.2, 0) is 16.7 Å². The van der Waals surface area contributed by atoms with Crippen LogP contribution in [-0.4, -0.2) is 48.8 Å². The van der Waals surface area contributed by atoms with Crippen LogP contribution in [0.4, 0.5) is 5.82 Å². The van der Waals surface area contributed by atoms with Gasteiger partial charge in [0.05, 0.1) is 43.5 Å². The molecule has 1 saturated carbocycles. The first-order chi connectivity index (χ1) is 19.0. The van der Waals surface area contributed by atoms with Gasteiger partial charge >= 0.3 is 0 Å². The summed E-state index contributed by atoms with van der Waals surface area (Å²) in [5.41, 5.74) is 3.89. The van der Waals surface area contributed by atoms with Crippen molar-refractivity contribution in [2.75, 3.05) is 37.8 Å². The lowest BCUT2D eigenvalue weighted by Crippen LogP contribution is -2.37. The van der Waals surface area contributed by atoms with E-state index in [9.17, 15) is 10.1 Å². The first-order valence-electron chi connectivity index (χ1n) is 13.7. The van der Waals surface area contributed by atoms with Crippen molar-refractivity contribution in [3.8, 4) is 11.8 Å². The maximum absolute atomic E-state index is 13.0. The standard InChI is InChI=1S/C31H33N5O3/c1-31(20-32)8-12-39-28-6-5-22(18-26(28)31)30(37)34-19-25-17-21(7-9-33-25)23-15-24(16-23)27-3-2-4-29(35-27)36-10-13-38-14-11-36/h2-7,9,17-18,23-24H,8,10-16,19H2,1H3,(H,34,37)/t23?,24?,31-/m0/s1. The Bertz CT molecular complexity index is 1410. The van der Waals surface area contributed by atoms with Gasteiger partial charge in [-0.25, -0.2) is 4.98 Å². The molecule has 3 aromatic rings. The fourth-order valence-corrected chi connectivity index (χ4v) is 5.73. The summed E-state index contributed by atoms with van der Waals surface area (Å²) in [7, 11) is 0. The number of carbonyl (C=O) groups is 1. The summed E-state index contributed by atoms with van der Waals surface area (Å²) in [6, 6.07) is 18.2. The SMILES string of the molecule is C[C@@]1(C#N)CCOc2ccc(C(=O)NCc3cc(C4CC(c5cccc(N6CCOCC6)n5)C4)ccn3)cc21. The molecular weight excluding hydrogens is 490 g/mol. The summed E-state index contributed by atoms with van der Waals surface area (Å²) in [5.74, 6) is 2.46. The highest BCUT2D eigenvalue weighted by molar-refractivity contribution is 5.94. The average molecular weight is 524 g/mol. The Morgan fingerprint density at radius 1 is 1.13 bits per heavy atom. The number of hydrogen-bond donors (Lipinski definition) is 1. The molecule has 6 rings (SSSR count). The molecule has 4 heterocycles. The number of ether oxygens (including phenoxy) is 2. The maximum Gasteiger partial charge on any atom is 0.251 e. The van der Waals surface area contributed by atoms with Crippen LogP contribution in [0.15, 0.2) is 54.7 Å². The fraction of sp³-hybridized carbons (Fsp3) is 0.419. The molecule has 1 atom stereocenters. The van der Waals surface area contributed by atoms with Crippen molar-refractivity contribution < 1.29 is 14.3 Å². The van der Waals surface area contributed by atoms with Crippen LogP contribution in [0.5, 0.6) is 5.75 Å². The van der Waals surface area contributed by atoms with Gasteiger partial charge in [0.15, 0.2) is 0 Å².